The predicted octanol–water partition coefficient (Wildman–Crippen LogP) is 2.64. The fourth-order valence-electron chi connectivity index (χ4n) is 3.00. The van der Waals surface area contributed by atoms with Crippen molar-refractivity contribution in [3.63, 3.8) is 0 Å². The van der Waals surface area contributed by atoms with Crippen LogP contribution in [0.3, 0.4) is 0 Å². The van der Waals surface area contributed by atoms with Crippen molar-refractivity contribution in [1.29, 1.82) is 0 Å². The Morgan fingerprint density at radius 3 is 2.52 bits per heavy atom. The smallest absolute Gasteiger partial charge is 0.261 e. The normalized spacial score (nSPS) is 13.7. The summed E-state index contributed by atoms with van der Waals surface area (Å²) >= 11 is 0. The van der Waals surface area contributed by atoms with Gasteiger partial charge in [0.25, 0.3) is 11.8 Å². The zero-order valence-electron chi connectivity index (χ0n) is 13.1. The van der Waals surface area contributed by atoms with E-state index >= 15 is 0 Å². The summed E-state index contributed by atoms with van der Waals surface area (Å²) in [7, 11) is 0. The lowest BCUT2D eigenvalue weighted by Crippen LogP contribution is -2.41. The van der Waals surface area contributed by atoms with Gasteiger partial charge in [0.2, 0.25) is 0 Å². The van der Waals surface area contributed by atoms with Crippen molar-refractivity contribution in [3.8, 4) is 0 Å². The second-order valence-electron chi connectivity index (χ2n) is 5.65. The Labute approximate surface area is 134 Å². The van der Waals surface area contributed by atoms with Crippen LogP contribution in [0.25, 0.3) is 10.8 Å². The van der Waals surface area contributed by atoms with Crippen molar-refractivity contribution in [2.24, 2.45) is 0 Å². The first-order valence-corrected chi connectivity index (χ1v) is 7.95. The molecule has 120 valence electrons. The van der Waals surface area contributed by atoms with Crippen LogP contribution in [0.15, 0.2) is 30.3 Å². The number of aliphatic hydroxyl groups is 1. The first-order chi connectivity index (χ1) is 11.2. The summed E-state index contributed by atoms with van der Waals surface area (Å²) in [4.78, 5) is 26.2. The van der Waals surface area contributed by atoms with Crippen LogP contribution in [-0.2, 0) is 0 Å². The Bertz CT molecular complexity index is 748. The zero-order chi connectivity index (χ0) is 16.4. The molecule has 5 nitrogen and oxygen atoms in total. The second-order valence-corrected chi connectivity index (χ2v) is 5.65. The Morgan fingerprint density at radius 1 is 1.09 bits per heavy atom. The highest BCUT2D eigenvalue weighted by Crippen LogP contribution is 2.34. The fraction of sp³-hybridized carbons (Fsp3) is 0.333. The van der Waals surface area contributed by atoms with Gasteiger partial charge in [-0.1, -0.05) is 25.5 Å². The summed E-state index contributed by atoms with van der Waals surface area (Å²) in [5, 5.41) is 14.1. The van der Waals surface area contributed by atoms with Crippen molar-refractivity contribution in [2.75, 3.05) is 25.0 Å². The van der Waals surface area contributed by atoms with E-state index in [9.17, 15) is 9.59 Å². The Balaban J connectivity index is 2.12. The number of anilines is 1. The third-order valence-corrected chi connectivity index (χ3v) is 4.16. The highest BCUT2D eigenvalue weighted by Gasteiger charge is 2.32. The monoisotopic (exact) mass is 312 g/mol. The summed E-state index contributed by atoms with van der Waals surface area (Å²) in [5.74, 6) is -0.680. The van der Waals surface area contributed by atoms with Gasteiger partial charge < -0.3 is 10.4 Å². The molecule has 2 aromatic carbocycles. The lowest BCUT2D eigenvalue weighted by molar-refractivity contribution is 0.0580. The van der Waals surface area contributed by atoms with Crippen molar-refractivity contribution < 1.29 is 14.7 Å². The molecule has 0 radical (unpaired) electrons. The van der Waals surface area contributed by atoms with E-state index < -0.39 is 0 Å². The molecule has 2 N–H and O–H groups in total. The number of hydrogen-bond donors (Lipinski definition) is 2. The number of nitrogens with zero attached hydrogens (tertiary/aromatic N) is 1. The highest BCUT2D eigenvalue weighted by molar-refractivity contribution is 6.26. The Morgan fingerprint density at radius 2 is 1.83 bits per heavy atom. The first kappa shape index (κ1) is 15.5. The third kappa shape index (κ3) is 2.57. The van der Waals surface area contributed by atoms with Crippen molar-refractivity contribution in [2.45, 2.75) is 19.8 Å². The highest BCUT2D eigenvalue weighted by atomic mass is 16.3. The lowest BCUT2D eigenvalue weighted by atomic mass is 9.93. The summed E-state index contributed by atoms with van der Waals surface area (Å²) < 4.78 is 0. The Kier molecular flexibility index (Phi) is 4.30. The minimum atomic E-state index is -0.340. The van der Waals surface area contributed by atoms with Gasteiger partial charge in [0.05, 0.1) is 13.2 Å². The number of imide groups is 1. The number of β-amino-alcohol motifs (C(OH)–C–C–N with tert-alkyl or cyclic N) is 1. The maximum Gasteiger partial charge on any atom is 0.261 e. The molecule has 0 unspecified atom stereocenters. The second kappa shape index (κ2) is 6.38. The van der Waals surface area contributed by atoms with Crippen LogP contribution in [-0.4, -0.2) is 41.5 Å². The van der Waals surface area contributed by atoms with Gasteiger partial charge in [0.1, 0.15) is 0 Å². The number of carbonyl (C=O) groups is 2. The van der Waals surface area contributed by atoms with Gasteiger partial charge in [0, 0.05) is 34.1 Å². The van der Waals surface area contributed by atoms with E-state index in [4.69, 9.17) is 5.11 Å². The molecule has 0 spiro atoms. The summed E-state index contributed by atoms with van der Waals surface area (Å²) in [6.07, 6.45) is 2.16. The third-order valence-electron chi connectivity index (χ3n) is 4.16. The molecular weight excluding hydrogens is 292 g/mol. The van der Waals surface area contributed by atoms with E-state index in [1.807, 2.05) is 18.2 Å². The van der Waals surface area contributed by atoms with Crippen LogP contribution in [0.4, 0.5) is 5.69 Å². The molecule has 0 aliphatic carbocycles. The minimum absolute atomic E-state index is 0.0179. The number of nitrogens with one attached hydrogen (secondary N) is 1. The Hall–Kier alpha value is -2.40. The molecule has 3 rings (SSSR count). The molecule has 0 saturated carbocycles. The van der Waals surface area contributed by atoms with Gasteiger partial charge in [-0.25, -0.2) is 0 Å². The van der Waals surface area contributed by atoms with E-state index in [1.54, 1.807) is 12.1 Å². The summed E-state index contributed by atoms with van der Waals surface area (Å²) in [5.41, 5.74) is 1.98. The number of amides is 2. The standard InChI is InChI=1S/C18H20N2O3/c1-2-3-9-19-15-8-7-14-16-12(15)5-4-6-13(16)17(22)20(10-11-21)18(14)23/h4-8,19,21H,2-3,9-11H2,1H3. The molecule has 0 saturated heterocycles. The quantitative estimate of drug-likeness (QED) is 0.635. The fourth-order valence-corrected chi connectivity index (χ4v) is 3.00. The number of benzene rings is 2. The molecule has 0 bridgehead atoms. The molecule has 0 aromatic heterocycles. The van der Waals surface area contributed by atoms with Crippen molar-refractivity contribution in [3.05, 3.63) is 41.5 Å². The van der Waals surface area contributed by atoms with Crippen molar-refractivity contribution >= 4 is 28.3 Å². The summed E-state index contributed by atoms with van der Waals surface area (Å²) in [6.45, 7) is 2.77. The minimum Gasteiger partial charge on any atom is -0.395 e. The molecule has 0 fully saturated rings. The molecule has 5 heteroatoms. The van der Waals surface area contributed by atoms with Crippen LogP contribution in [0.2, 0.25) is 0 Å². The molecule has 1 aliphatic heterocycles. The van der Waals surface area contributed by atoms with E-state index in [1.165, 1.54) is 0 Å². The number of hydrogen-bond acceptors (Lipinski definition) is 4. The number of carbonyl (C=O) groups excluding carboxylic acids is 2. The average Bonchev–Trinajstić information content (AvgIpc) is 2.57. The number of rotatable bonds is 6. The molecule has 23 heavy (non-hydrogen) atoms. The topological polar surface area (TPSA) is 69.6 Å². The first-order valence-electron chi connectivity index (χ1n) is 7.95. The maximum absolute atomic E-state index is 12.5. The summed E-state index contributed by atoms with van der Waals surface area (Å²) in [6, 6.07) is 9.15. The molecule has 0 atom stereocenters. The SMILES string of the molecule is CCCCNc1ccc2c3c(cccc13)C(=O)N(CCO)C2=O. The van der Waals surface area contributed by atoms with Gasteiger partial charge in [0.15, 0.2) is 0 Å². The van der Waals surface area contributed by atoms with E-state index in [2.05, 4.69) is 12.2 Å². The average molecular weight is 312 g/mol. The van der Waals surface area contributed by atoms with Gasteiger partial charge in [-0.2, -0.15) is 0 Å². The largest absolute Gasteiger partial charge is 0.395 e. The van der Waals surface area contributed by atoms with Gasteiger partial charge in [-0.05, 0) is 24.6 Å². The van der Waals surface area contributed by atoms with Crippen LogP contribution in [0, 0.1) is 0 Å². The van der Waals surface area contributed by atoms with Crippen LogP contribution >= 0.6 is 0 Å². The van der Waals surface area contributed by atoms with Crippen LogP contribution < -0.4 is 5.32 Å². The molecule has 2 aromatic rings. The van der Waals surface area contributed by atoms with E-state index in [0.29, 0.717) is 16.5 Å². The predicted molar refractivity (Wildman–Crippen MR) is 89.8 cm³/mol. The molecular formula is C18H20N2O3. The molecule has 1 heterocycles. The molecule has 1 aliphatic rings. The number of aliphatic hydroxyl groups excluding tert-OH is 1. The van der Waals surface area contributed by atoms with Crippen molar-refractivity contribution in [1.82, 2.24) is 4.90 Å². The number of unbranched alkanes of at least 4 members (excludes halogenated alkanes) is 1. The van der Waals surface area contributed by atoms with Gasteiger partial charge in [-0.15, -0.1) is 0 Å². The van der Waals surface area contributed by atoms with E-state index in [-0.39, 0.29) is 25.0 Å². The maximum atomic E-state index is 12.5. The lowest BCUT2D eigenvalue weighted by Gasteiger charge is -2.27. The molecule has 2 amide bonds. The van der Waals surface area contributed by atoms with E-state index in [0.717, 1.165) is 35.4 Å². The van der Waals surface area contributed by atoms with Gasteiger partial charge >= 0.3 is 0 Å². The van der Waals surface area contributed by atoms with Gasteiger partial charge in [-0.3, -0.25) is 14.5 Å². The van der Waals surface area contributed by atoms with Crippen LogP contribution in [0.5, 0.6) is 0 Å². The zero-order valence-corrected chi connectivity index (χ0v) is 13.1. The van der Waals surface area contributed by atoms with Crippen LogP contribution in [0.1, 0.15) is 40.5 Å².